The van der Waals surface area contributed by atoms with Crippen LogP contribution in [0, 0.1) is 0 Å². The molecule has 0 saturated heterocycles. The van der Waals surface area contributed by atoms with Gasteiger partial charge in [0.25, 0.3) is 0 Å². The third-order valence-corrected chi connectivity index (χ3v) is 2.51. The molecule has 1 nitrogen and oxygen atoms in total. The van der Waals surface area contributed by atoms with Gasteiger partial charge in [-0.1, -0.05) is 50.1 Å². The van der Waals surface area contributed by atoms with Crippen molar-refractivity contribution in [3.8, 4) is 0 Å². The van der Waals surface area contributed by atoms with Crippen molar-refractivity contribution in [2.45, 2.75) is 0 Å². The molecule has 2 heteroatoms. The smallest absolute Gasteiger partial charge is 0.0476 e. The highest BCUT2D eigenvalue weighted by Gasteiger charge is 2.07. The van der Waals surface area contributed by atoms with Crippen LogP contribution in [-0.2, 0) is 0 Å². The summed E-state index contributed by atoms with van der Waals surface area (Å²) in [6.45, 7) is 12.4. The summed E-state index contributed by atoms with van der Waals surface area (Å²) in [5.74, 6) is 0. The standard InChI is InChI=1S/C14H17NS/c1-5-13-8-6-7-9-14(13)12(3)15(4)10-11(2)16/h5-9,16H,1-3,10H2,4H3. The van der Waals surface area contributed by atoms with E-state index in [-0.39, 0.29) is 0 Å². The maximum absolute atomic E-state index is 4.20. The third kappa shape index (κ3) is 3.04. The Morgan fingerprint density at radius 2 is 2.00 bits per heavy atom. The van der Waals surface area contributed by atoms with Crippen LogP contribution in [-0.4, -0.2) is 18.5 Å². The Morgan fingerprint density at radius 1 is 1.38 bits per heavy atom. The van der Waals surface area contributed by atoms with E-state index in [1.165, 1.54) is 0 Å². The normalized spacial score (nSPS) is 9.62. The van der Waals surface area contributed by atoms with E-state index in [0.29, 0.717) is 6.54 Å². The quantitative estimate of drug-likeness (QED) is 0.757. The Balaban J connectivity index is 2.95. The minimum atomic E-state index is 0.688. The van der Waals surface area contributed by atoms with Crippen LogP contribution in [0.2, 0.25) is 0 Å². The SMILES string of the molecule is C=Cc1ccccc1C(=C)N(C)CC(=C)S. The summed E-state index contributed by atoms with van der Waals surface area (Å²) in [6.07, 6.45) is 1.84. The lowest BCUT2D eigenvalue weighted by molar-refractivity contribution is 0.534. The van der Waals surface area contributed by atoms with Gasteiger partial charge in [0.2, 0.25) is 0 Å². The van der Waals surface area contributed by atoms with Crippen LogP contribution in [0.25, 0.3) is 11.8 Å². The number of rotatable bonds is 5. The van der Waals surface area contributed by atoms with Gasteiger partial charge in [-0.15, -0.1) is 12.6 Å². The van der Waals surface area contributed by atoms with Gasteiger partial charge in [0.05, 0.1) is 0 Å². The summed E-state index contributed by atoms with van der Waals surface area (Å²) in [6, 6.07) is 8.05. The molecular weight excluding hydrogens is 214 g/mol. The predicted octanol–water partition coefficient (Wildman–Crippen LogP) is 3.68. The van der Waals surface area contributed by atoms with Crippen LogP contribution >= 0.6 is 12.6 Å². The fourth-order valence-corrected chi connectivity index (χ4v) is 1.72. The van der Waals surface area contributed by atoms with Crippen molar-refractivity contribution < 1.29 is 0 Å². The molecule has 0 saturated carbocycles. The highest BCUT2D eigenvalue weighted by Crippen LogP contribution is 2.21. The van der Waals surface area contributed by atoms with E-state index < -0.39 is 0 Å². The molecule has 0 amide bonds. The Hall–Kier alpha value is -1.41. The molecule has 0 bridgehead atoms. The molecule has 0 aliphatic heterocycles. The molecule has 0 N–H and O–H groups in total. The van der Waals surface area contributed by atoms with Crippen molar-refractivity contribution in [2.75, 3.05) is 13.6 Å². The Bertz CT molecular complexity index is 420. The van der Waals surface area contributed by atoms with Crippen LogP contribution < -0.4 is 0 Å². The lowest BCUT2D eigenvalue weighted by Gasteiger charge is -2.22. The van der Waals surface area contributed by atoms with Crippen molar-refractivity contribution in [3.05, 3.63) is 60.0 Å². The number of nitrogens with zero attached hydrogens (tertiary/aromatic N) is 1. The van der Waals surface area contributed by atoms with Gasteiger partial charge in [0, 0.05) is 24.9 Å². The maximum atomic E-state index is 4.20. The summed E-state index contributed by atoms with van der Waals surface area (Å²) in [5.41, 5.74) is 3.13. The lowest BCUT2D eigenvalue weighted by Crippen LogP contribution is -2.17. The molecule has 0 aliphatic carbocycles. The van der Waals surface area contributed by atoms with Crippen LogP contribution in [0.5, 0.6) is 0 Å². The number of thiol groups is 1. The molecule has 0 fully saturated rings. The Kier molecular flexibility index (Phi) is 4.44. The molecule has 1 aromatic rings. The lowest BCUT2D eigenvalue weighted by atomic mass is 10.0. The first-order valence-corrected chi connectivity index (χ1v) is 5.49. The van der Waals surface area contributed by atoms with Gasteiger partial charge in [-0.05, 0) is 10.5 Å². The largest absolute Gasteiger partial charge is 0.370 e. The number of hydrogen-bond acceptors (Lipinski definition) is 2. The maximum Gasteiger partial charge on any atom is 0.0476 e. The van der Waals surface area contributed by atoms with Crippen LogP contribution in [0.1, 0.15) is 11.1 Å². The molecule has 1 rings (SSSR count). The molecule has 84 valence electrons. The molecule has 0 heterocycles. The molecule has 0 aromatic heterocycles. The second-order valence-electron chi connectivity index (χ2n) is 3.66. The second-order valence-corrected chi connectivity index (χ2v) is 4.29. The van der Waals surface area contributed by atoms with Crippen LogP contribution in [0.4, 0.5) is 0 Å². The van der Waals surface area contributed by atoms with Crippen molar-refractivity contribution in [1.29, 1.82) is 0 Å². The zero-order valence-corrected chi connectivity index (χ0v) is 10.5. The zero-order valence-electron chi connectivity index (χ0n) is 9.61. The molecular formula is C14H17NS. The van der Waals surface area contributed by atoms with Gasteiger partial charge in [0.15, 0.2) is 0 Å². The van der Waals surface area contributed by atoms with E-state index in [9.17, 15) is 0 Å². The van der Waals surface area contributed by atoms with E-state index in [4.69, 9.17) is 0 Å². The van der Waals surface area contributed by atoms with Crippen molar-refractivity contribution in [2.24, 2.45) is 0 Å². The summed E-state index contributed by atoms with van der Waals surface area (Å²) in [7, 11) is 1.98. The van der Waals surface area contributed by atoms with Crippen molar-refractivity contribution in [3.63, 3.8) is 0 Å². The summed E-state index contributed by atoms with van der Waals surface area (Å²) >= 11 is 4.20. The zero-order chi connectivity index (χ0) is 12.1. The predicted molar refractivity (Wildman–Crippen MR) is 76.3 cm³/mol. The Labute approximate surface area is 103 Å². The highest BCUT2D eigenvalue weighted by molar-refractivity contribution is 7.84. The molecule has 0 atom stereocenters. The highest BCUT2D eigenvalue weighted by atomic mass is 32.1. The van der Waals surface area contributed by atoms with Gasteiger partial charge < -0.3 is 4.90 Å². The summed E-state index contributed by atoms with van der Waals surface area (Å²) in [4.78, 5) is 2.84. The van der Waals surface area contributed by atoms with Gasteiger partial charge >= 0.3 is 0 Å². The molecule has 0 radical (unpaired) electrons. The fraction of sp³-hybridized carbons (Fsp3) is 0.143. The number of benzene rings is 1. The second kappa shape index (κ2) is 5.61. The van der Waals surface area contributed by atoms with E-state index >= 15 is 0 Å². The van der Waals surface area contributed by atoms with Gasteiger partial charge in [0.1, 0.15) is 0 Å². The summed E-state index contributed by atoms with van der Waals surface area (Å²) in [5, 5.41) is 0. The summed E-state index contributed by atoms with van der Waals surface area (Å²) < 4.78 is 0. The molecule has 0 aliphatic rings. The van der Waals surface area contributed by atoms with Crippen molar-refractivity contribution >= 4 is 24.4 Å². The van der Waals surface area contributed by atoms with Crippen LogP contribution in [0.15, 0.2) is 48.9 Å². The average molecular weight is 231 g/mol. The monoisotopic (exact) mass is 231 g/mol. The minimum Gasteiger partial charge on any atom is -0.370 e. The first kappa shape index (κ1) is 12.7. The van der Waals surface area contributed by atoms with Crippen LogP contribution in [0.3, 0.4) is 0 Å². The van der Waals surface area contributed by atoms with E-state index in [0.717, 1.165) is 21.7 Å². The van der Waals surface area contributed by atoms with E-state index in [2.05, 4.69) is 32.4 Å². The van der Waals surface area contributed by atoms with Gasteiger partial charge in [-0.2, -0.15) is 0 Å². The van der Waals surface area contributed by atoms with Gasteiger partial charge in [-0.25, -0.2) is 0 Å². The third-order valence-electron chi connectivity index (χ3n) is 2.37. The average Bonchev–Trinajstić information content (AvgIpc) is 2.27. The molecule has 16 heavy (non-hydrogen) atoms. The van der Waals surface area contributed by atoms with Crippen molar-refractivity contribution in [1.82, 2.24) is 4.90 Å². The first-order valence-electron chi connectivity index (χ1n) is 5.05. The molecule has 0 unspecified atom stereocenters. The molecule has 1 aromatic carbocycles. The molecule has 0 spiro atoms. The topological polar surface area (TPSA) is 3.24 Å². The van der Waals surface area contributed by atoms with E-state index in [1.54, 1.807) is 0 Å². The number of hydrogen-bond donors (Lipinski definition) is 1. The number of likely N-dealkylation sites (N-methyl/N-ethyl adjacent to an activating group) is 1. The Morgan fingerprint density at radius 3 is 2.56 bits per heavy atom. The van der Waals surface area contributed by atoms with Gasteiger partial charge in [-0.3, -0.25) is 0 Å². The minimum absolute atomic E-state index is 0.688. The fourth-order valence-electron chi connectivity index (χ4n) is 1.51. The first-order chi connectivity index (χ1) is 7.56. The van der Waals surface area contributed by atoms with E-state index in [1.807, 2.05) is 42.3 Å².